The molecule has 81 heavy (non-hydrogen) atoms. The highest BCUT2D eigenvalue weighted by Gasteiger charge is 2.27. The van der Waals surface area contributed by atoms with Crippen molar-refractivity contribution in [1.82, 2.24) is 5.32 Å². The van der Waals surface area contributed by atoms with Crippen LogP contribution >= 0.6 is 7.82 Å². The molecule has 0 saturated carbocycles. The Hall–Kier alpha value is -3.07. The number of quaternary nitrogens is 1. The van der Waals surface area contributed by atoms with Crippen molar-refractivity contribution in [3.63, 3.8) is 0 Å². The maximum Gasteiger partial charge on any atom is 0.306 e. The number of amides is 1. The van der Waals surface area contributed by atoms with Crippen LogP contribution in [0.2, 0.25) is 0 Å². The molecule has 0 aliphatic rings. The van der Waals surface area contributed by atoms with E-state index in [0.717, 1.165) is 83.5 Å². The SMILES string of the molecule is CC/C=C\C/C=C\C/C=C\C/C=C\C/C=C\CCCC(=O)NC(COP(=O)([O-])OCC[N+](C)(C)C)C(/C=C\CCCCCCCCCCCCC)OC(=O)CCCCCCCCCCCCCCCCC/C=C\C/C=C\CCCCC. The van der Waals surface area contributed by atoms with Gasteiger partial charge in [0, 0.05) is 12.8 Å². The van der Waals surface area contributed by atoms with Gasteiger partial charge in [0.15, 0.2) is 0 Å². The number of esters is 1. The van der Waals surface area contributed by atoms with Crippen LogP contribution in [-0.4, -0.2) is 69.4 Å². The van der Waals surface area contributed by atoms with E-state index in [2.05, 4.69) is 111 Å². The molecule has 0 aromatic heterocycles. The summed E-state index contributed by atoms with van der Waals surface area (Å²) in [7, 11) is 1.14. The van der Waals surface area contributed by atoms with Gasteiger partial charge in [0.05, 0.1) is 33.8 Å². The van der Waals surface area contributed by atoms with Gasteiger partial charge in [-0.15, -0.1) is 0 Å². The van der Waals surface area contributed by atoms with Crippen molar-refractivity contribution in [1.29, 1.82) is 0 Å². The Labute approximate surface area is 500 Å². The summed E-state index contributed by atoms with van der Waals surface area (Å²) in [4.78, 5) is 40.1. The number of carbonyl (C=O) groups is 2. The summed E-state index contributed by atoms with van der Waals surface area (Å²) in [6.07, 6.45) is 81.1. The second-order valence-electron chi connectivity index (χ2n) is 23.6. The van der Waals surface area contributed by atoms with Gasteiger partial charge < -0.3 is 28.5 Å². The highest BCUT2D eigenvalue weighted by Crippen LogP contribution is 2.38. The van der Waals surface area contributed by atoms with Crippen molar-refractivity contribution in [2.24, 2.45) is 0 Å². The van der Waals surface area contributed by atoms with Crippen molar-refractivity contribution in [2.75, 3.05) is 40.9 Å². The second-order valence-corrected chi connectivity index (χ2v) is 25.0. The van der Waals surface area contributed by atoms with E-state index in [1.165, 1.54) is 167 Å². The average Bonchev–Trinajstić information content (AvgIpc) is 3.44. The summed E-state index contributed by atoms with van der Waals surface area (Å²) in [5.74, 6) is -0.606. The normalized spacial score (nSPS) is 14.2. The minimum absolute atomic E-state index is 0.0361. The zero-order valence-electron chi connectivity index (χ0n) is 53.5. The fraction of sp³-hybridized carbons (Fsp3) is 0.746. The van der Waals surface area contributed by atoms with Crippen molar-refractivity contribution in [3.05, 3.63) is 97.2 Å². The number of ether oxygens (including phenoxy) is 1. The maximum absolute atomic E-state index is 13.5. The number of phosphoric ester groups is 1. The number of phosphoric acid groups is 1. The summed E-state index contributed by atoms with van der Waals surface area (Å²) in [5, 5.41) is 3.00. The third-order valence-corrected chi connectivity index (χ3v) is 15.5. The van der Waals surface area contributed by atoms with Crippen molar-refractivity contribution >= 4 is 19.7 Å². The molecule has 0 heterocycles. The van der Waals surface area contributed by atoms with Crippen LogP contribution in [0, 0.1) is 0 Å². The van der Waals surface area contributed by atoms with E-state index in [4.69, 9.17) is 13.8 Å². The number of hydrogen-bond acceptors (Lipinski definition) is 7. The molecule has 0 saturated heterocycles. The Morgan fingerprint density at radius 2 is 0.802 bits per heavy atom. The third kappa shape index (κ3) is 61.3. The van der Waals surface area contributed by atoms with Gasteiger partial charge in [-0.25, -0.2) is 0 Å². The maximum atomic E-state index is 13.5. The number of likely N-dealkylation sites (N-methyl/N-ethyl adjacent to an activating group) is 1. The number of nitrogens with one attached hydrogen (secondary N) is 1. The Kier molecular flexibility index (Phi) is 57.8. The number of nitrogens with zero attached hydrogens (tertiary/aromatic N) is 1. The molecular formula is C71H127N2O7P. The van der Waals surface area contributed by atoms with Crippen LogP contribution in [0.1, 0.15) is 290 Å². The minimum atomic E-state index is -4.72. The Morgan fingerprint density at radius 3 is 1.23 bits per heavy atom. The van der Waals surface area contributed by atoms with E-state index >= 15 is 0 Å². The quantitative estimate of drug-likeness (QED) is 0.0212. The molecule has 0 fully saturated rings. The Bertz CT molecular complexity index is 1710. The smallest absolute Gasteiger partial charge is 0.306 e. The largest absolute Gasteiger partial charge is 0.756 e. The topological polar surface area (TPSA) is 114 Å². The minimum Gasteiger partial charge on any atom is -0.756 e. The third-order valence-electron chi connectivity index (χ3n) is 14.5. The second kappa shape index (κ2) is 60.1. The number of unbranched alkanes of at least 4 members (excludes halogenated alkanes) is 30. The average molecular weight is 1150 g/mol. The first-order valence-corrected chi connectivity index (χ1v) is 35.0. The molecule has 0 bridgehead atoms. The standard InChI is InChI=1S/C71H127N2O7P/c1-7-10-13-16-19-22-25-28-30-32-33-34-35-36-37-38-39-41-43-46-49-52-55-58-61-64-71(75)80-69(62-59-56-53-50-47-44-27-24-21-18-15-12-9-3)68(67-79-81(76,77)78-66-65-73(4,5)6)72-70(74)63-60-57-54-51-48-45-42-40-31-29-26-23-20-17-14-11-8-2/h11,14,19-20,22-23,28-31,42,45,51,54,59,62,68-69H,7-10,12-13,15-18,21,24-27,32-41,43-44,46-50,52-53,55-58,60-61,63-67H2,1-6H3,(H-,72,74,76,77)/b14-11-,22-19-,23-20-,30-28-,31-29-,45-42-,54-51-,62-59-. The van der Waals surface area contributed by atoms with Crippen LogP contribution in [0.3, 0.4) is 0 Å². The van der Waals surface area contributed by atoms with Gasteiger partial charge in [0.2, 0.25) is 5.91 Å². The van der Waals surface area contributed by atoms with E-state index in [-0.39, 0.29) is 31.3 Å². The lowest BCUT2D eigenvalue weighted by Gasteiger charge is -2.30. The molecule has 9 nitrogen and oxygen atoms in total. The molecule has 3 unspecified atom stereocenters. The van der Waals surface area contributed by atoms with Gasteiger partial charge in [-0.3, -0.25) is 14.2 Å². The van der Waals surface area contributed by atoms with Crippen LogP contribution in [0.15, 0.2) is 97.2 Å². The van der Waals surface area contributed by atoms with Crippen LogP contribution in [0.5, 0.6) is 0 Å². The number of carbonyl (C=O) groups excluding carboxylic acids is 2. The Morgan fingerprint density at radius 1 is 0.444 bits per heavy atom. The van der Waals surface area contributed by atoms with Crippen LogP contribution in [0.4, 0.5) is 0 Å². The van der Waals surface area contributed by atoms with Gasteiger partial charge in [0.25, 0.3) is 7.82 Å². The lowest BCUT2D eigenvalue weighted by molar-refractivity contribution is -0.870. The summed E-state index contributed by atoms with van der Waals surface area (Å²) in [6, 6.07) is -0.923. The molecule has 0 aromatic carbocycles. The van der Waals surface area contributed by atoms with Gasteiger partial charge in [-0.05, 0) is 102 Å². The van der Waals surface area contributed by atoms with Gasteiger partial charge >= 0.3 is 5.97 Å². The molecule has 0 aromatic rings. The van der Waals surface area contributed by atoms with Crippen molar-refractivity contribution in [3.8, 4) is 0 Å². The van der Waals surface area contributed by atoms with Gasteiger partial charge in [-0.1, -0.05) is 272 Å². The highest BCUT2D eigenvalue weighted by molar-refractivity contribution is 7.45. The highest BCUT2D eigenvalue weighted by atomic mass is 31.2. The predicted molar refractivity (Wildman–Crippen MR) is 348 cm³/mol. The fourth-order valence-corrected chi connectivity index (χ4v) is 10.1. The van der Waals surface area contributed by atoms with E-state index in [9.17, 15) is 19.0 Å². The first-order valence-electron chi connectivity index (χ1n) is 33.5. The van der Waals surface area contributed by atoms with Crippen LogP contribution in [-0.2, 0) is 27.9 Å². The summed E-state index contributed by atoms with van der Waals surface area (Å²) < 4.78 is 30.3. The first-order chi connectivity index (χ1) is 39.4. The molecule has 0 rings (SSSR count). The van der Waals surface area contributed by atoms with Crippen LogP contribution < -0.4 is 10.2 Å². The zero-order chi connectivity index (χ0) is 59.3. The fourth-order valence-electron chi connectivity index (χ4n) is 9.35. The number of hydrogen-bond donors (Lipinski definition) is 1. The number of rotatable bonds is 60. The Balaban J connectivity index is 5.19. The van der Waals surface area contributed by atoms with E-state index in [1.54, 1.807) is 0 Å². The summed E-state index contributed by atoms with van der Waals surface area (Å²) in [6.45, 7) is 6.68. The molecule has 3 atom stereocenters. The lowest BCUT2D eigenvalue weighted by atomic mass is 10.0. The molecular weight excluding hydrogens is 1020 g/mol. The molecule has 10 heteroatoms. The molecule has 0 spiro atoms. The van der Waals surface area contributed by atoms with E-state index < -0.39 is 26.6 Å². The van der Waals surface area contributed by atoms with Crippen molar-refractivity contribution in [2.45, 2.75) is 303 Å². The van der Waals surface area contributed by atoms with Crippen LogP contribution in [0.25, 0.3) is 0 Å². The molecule has 0 aliphatic heterocycles. The zero-order valence-corrected chi connectivity index (χ0v) is 54.4. The molecule has 1 N–H and O–H groups in total. The van der Waals surface area contributed by atoms with Gasteiger partial charge in [-0.2, -0.15) is 0 Å². The van der Waals surface area contributed by atoms with E-state index in [1.807, 2.05) is 33.3 Å². The van der Waals surface area contributed by atoms with E-state index in [0.29, 0.717) is 17.4 Å². The first kappa shape index (κ1) is 77.9. The molecule has 0 radical (unpaired) electrons. The monoisotopic (exact) mass is 1150 g/mol. The molecule has 1 amide bonds. The predicted octanol–water partition coefficient (Wildman–Crippen LogP) is 20.5. The summed E-state index contributed by atoms with van der Waals surface area (Å²) in [5.41, 5.74) is 0. The van der Waals surface area contributed by atoms with Gasteiger partial charge in [0.1, 0.15) is 19.3 Å². The number of allylic oxidation sites excluding steroid dienone is 15. The summed E-state index contributed by atoms with van der Waals surface area (Å²) >= 11 is 0. The van der Waals surface area contributed by atoms with Crippen molar-refractivity contribution < 1.29 is 37.3 Å². The molecule has 0 aliphatic carbocycles. The molecule has 468 valence electrons. The lowest BCUT2D eigenvalue weighted by Crippen LogP contribution is -2.47.